The van der Waals surface area contributed by atoms with Crippen LogP contribution in [0.25, 0.3) is 0 Å². The van der Waals surface area contributed by atoms with E-state index < -0.39 is 22.7 Å². The van der Waals surface area contributed by atoms with E-state index in [0.29, 0.717) is 12.0 Å². The first-order chi connectivity index (χ1) is 11.1. The first-order valence-electron chi connectivity index (χ1n) is 7.65. The molecule has 1 amide bonds. The number of nitro benzene ring substituents is 1. The quantitative estimate of drug-likeness (QED) is 0.581. The van der Waals surface area contributed by atoms with Gasteiger partial charge in [-0.1, -0.05) is 0 Å². The number of carbonyl (C=O) groups excluding carboxylic acids is 1. The molecule has 0 radical (unpaired) electrons. The van der Waals surface area contributed by atoms with Gasteiger partial charge in [0.15, 0.2) is 0 Å². The van der Waals surface area contributed by atoms with Crippen molar-refractivity contribution in [2.45, 2.75) is 38.9 Å². The fourth-order valence-electron chi connectivity index (χ4n) is 1.98. The van der Waals surface area contributed by atoms with Crippen LogP contribution in [0.3, 0.4) is 0 Å². The second-order valence-electron chi connectivity index (χ2n) is 6.37. The SMILES string of the molecule is CC(C)(C)OC(=O)N(CCCO)CC(O)c1ccc([N+](=O)[O-])cc1. The number of hydrogen-bond donors (Lipinski definition) is 2. The van der Waals surface area contributed by atoms with E-state index in [1.54, 1.807) is 20.8 Å². The van der Waals surface area contributed by atoms with Crippen LogP contribution in [0.5, 0.6) is 0 Å². The zero-order chi connectivity index (χ0) is 18.3. The summed E-state index contributed by atoms with van der Waals surface area (Å²) >= 11 is 0. The van der Waals surface area contributed by atoms with Gasteiger partial charge in [0, 0.05) is 25.3 Å². The minimum atomic E-state index is -1.02. The molecule has 1 atom stereocenters. The van der Waals surface area contributed by atoms with E-state index in [-0.39, 0.29) is 25.4 Å². The van der Waals surface area contributed by atoms with Crippen LogP contribution >= 0.6 is 0 Å². The number of aliphatic hydroxyl groups excluding tert-OH is 2. The number of nitrogens with zero attached hydrogens (tertiary/aromatic N) is 2. The van der Waals surface area contributed by atoms with Crippen molar-refractivity contribution in [1.82, 2.24) is 4.90 Å². The molecule has 2 N–H and O–H groups in total. The molecule has 0 heterocycles. The van der Waals surface area contributed by atoms with Gasteiger partial charge in [-0.15, -0.1) is 0 Å². The van der Waals surface area contributed by atoms with E-state index in [1.807, 2.05) is 0 Å². The molecule has 8 heteroatoms. The standard InChI is InChI=1S/C16H24N2O6/c1-16(2,3)24-15(21)17(9-4-10-19)11-14(20)12-5-7-13(8-6-12)18(22)23/h5-8,14,19-20H,4,9-11H2,1-3H3. The summed E-state index contributed by atoms with van der Waals surface area (Å²) in [6.45, 7) is 5.32. The highest BCUT2D eigenvalue weighted by Crippen LogP contribution is 2.20. The predicted octanol–water partition coefficient (Wildman–Crippen LogP) is 2.25. The lowest BCUT2D eigenvalue weighted by Crippen LogP contribution is -2.40. The van der Waals surface area contributed by atoms with Gasteiger partial charge < -0.3 is 19.8 Å². The molecule has 0 saturated carbocycles. The highest BCUT2D eigenvalue weighted by molar-refractivity contribution is 5.68. The summed E-state index contributed by atoms with van der Waals surface area (Å²) in [7, 11) is 0. The number of aliphatic hydroxyl groups is 2. The number of rotatable bonds is 7. The van der Waals surface area contributed by atoms with Crippen molar-refractivity contribution in [1.29, 1.82) is 0 Å². The van der Waals surface area contributed by atoms with Crippen LogP contribution in [0, 0.1) is 10.1 Å². The molecule has 1 aromatic carbocycles. The molecular weight excluding hydrogens is 316 g/mol. The van der Waals surface area contributed by atoms with Gasteiger partial charge in [0.1, 0.15) is 5.60 Å². The number of amides is 1. The Labute approximate surface area is 140 Å². The van der Waals surface area contributed by atoms with Crippen LogP contribution in [0.15, 0.2) is 24.3 Å². The molecule has 0 bridgehead atoms. The van der Waals surface area contributed by atoms with Crippen molar-refractivity contribution in [3.05, 3.63) is 39.9 Å². The molecule has 134 valence electrons. The Morgan fingerprint density at radius 1 is 1.33 bits per heavy atom. The summed E-state index contributed by atoms with van der Waals surface area (Å²) in [5.41, 5.74) is -0.291. The molecule has 24 heavy (non-hydrogen) atoms. The summed E-state index contributed by atoms with van der Waals surface area (Å²) in [6.07, 6.45) is -1.25. The van der Waals surface area contributed by atoms with Gasteiger partial charge in [-0.3, -0.25) is 10.1 Å². The van der Waals surface area contributed by atoms with Crippen LogP contribution in [0.2, 0.25) is 0 Å². The maximum Gasteiger partial charge on any atom is 0.410 e. The van der Waals surface area contributed by atoms with E-state index >= 15 is 0 Å². The maximum atomic E-state index is 12.2. The van der Waals surface area contributed by atoms with Crippen LogP contribution in [0.1, 0.15) is 38.9 Å². The minimum absolute atomic E-state index is 0.0350. The van der Waals surface area contributed by atoms with E-state index in [2.05, 4.69) is 0 Å². The molecule has 0 aliphatic heterocycles. The molecule has 0 fully saturated rings. The van der Waals surface area contributed by atoms with Crippen molar-refractivity contribution < 1.29 is 24.7 Å². The third-order valence-electron chi connectivity index (χ3n) is 3.12. The molecule has 0 aliphatic carbocycles. The highest BCUT2D eigenvalue weighted by atomic mass is 16.6. The van der Waals surface area contributed by atoms with Gasteiger partial charge in [-0.2, -0.15) is 0 Å². The lowest BCUT2D eigenvalue weighted by molar-refractivity contribution is -0.384. The Morgan fingerprint density at radius 2 is 1.92 bits per heavy atom. The number of non-ortho nitro benzene ring substituents is 1. The van der Waals surface area contributed by atoms with E-state index in [9.17, 15) is 20.0 Å². The summed E-state index contributed by atoms with van der Waals surface area (Å²) < 4.78 is 5.29. The average molecular weight is 340 g/mol. The molecule has 0 saturated heterocycles. The van der Waals surface area contributed by atoms with Crippen LogP contribution in [-0.4, -0.2) is 51.4 Å². The molecule has 1 aromatic rings. The Hall–Kier alpha value is -2.19. The zero-order valence-corrected chi connectivity index (χ0v) is 14.1. The molecule has 1 unspecified atom stereocenters. The monoisotopic (exact) mass is 340 g/mol. The number of hydrogen-bond acceptors (Lipinski definition) is 6. The zero-order valence-electron chi connectivity index (χ0n) is 14.1. The molecular formula is C16H24N2O6. The summed E-state index contributed by atoms with van der Waals surface area (Å²) in [5.74, 6) is 0. The maximum absolute atomic E-state index is 12.2. The van der Waals surface area contributed by atoms with Crippen molar-refractivity contribution in [3.63, 3.8) is 0 Å². The van der Waals surface area contributed by atoms with Crippen LogP contribution in [-0.2, 0) is 4.74 Å². The summed E-state index contributed by atoms with van der Waals surface area (Å²) in [6, 6.07) is 5.48. The molecule has 0 aromatic heterocycles. The van der Waals surface area contributed by atoms with Crippen molar-refractivity contribution in [3.8, 4) is 0 Å². The Morgan fingerprint density at radius 3 is 2.38 bits per heavy atom. The number of carbonyl (C=O) groups is 1. The van der Waals surface area contributed by atoms with E-state index in [1.165, 1.54) is 29.2 Å². The van der Waals surface area contributed by atoms with E-state index in [4.69, 9.17) is 9.84 Å². The van der Waals surface area contributed by atoms with Gasteiger partial charge >= 0.3 is 6.09 Å². The first-order valence-corrected chi connectivity index (χ1v) is 7.65. The Bertz CT molecular complexity index is 553. The van der Waals surface area contributed by atoms with Gasteiger partial charge in [0.25, 0.3) is 5.69 Å². The fourth-order valence-corrected chi connectivity index (χ4v) is 1.98. The van der Waals surface area contributed by atoms with Gasteiger partial charge in [0.2, 0.25) is 0 Å². The fraction of sp³-hybridized carbons (Fsp3) is 0.562. The molecule has 8 nitrogen and oxygen atoms in total. The topological polar surface area (TPSA) is 113 Å². The normalized spacial score (nSPS) is 12.5. The largest absolute Gasteiger partial charge is 0.444 e. The Balaban J connectivity index is 2.80. The predicted molar refractivity (Wildman–Crippen MR) is 87.6 cm³/mol. The molecule has 0 spiro atoms. The summed E-state index contributed by atoms with van der Waals surface area (Å²) in [4.78, 5) is 23.6. The van der Waals surface area contributed by atoms with Gasteiger partial charge in [0.05, 0.1) is 17.6 Å². The number of nitro groups is 1. The van der Waals surface area contributed by atoms with Crippen molar-refractivity contribution >= 4 is 11.8 Å². The Kier molecular flexibility index (Phi) is 7.12. The minimum Gasteiger partial charge on any atom is -0.444 e. The van der Waals surface area contributed by atoms with Crippen LogP contribution < -0.4 is 0 Å². The number of benzene rings is 1. The van der Waals surface area contributed by atoms with Crippen LogP contribution in [0.4, 0.5) is 10.5 Å². The third kappa shape index (κ3) is 6.51. The first kappa shape index (κ1) is 19.9. The third-order valence-corrected chi connectivity index (χ3v) is 3.12. The second kappa shape index (κ2) is 8.60. The molecule has 1 rings (SSSR count). The van der Waals surface area contributed by atoms with Gasteiger partial charge in [-0.05, 0) is 44.9 Å². The average Bonchev–Trinajstić information content (AvgIpc) is 2.49. The molecule has 0 aliphatic rings. The lowest BCUT2D eigenvalue weighted by Gasteiger charge is -2.29. The second-order valence-corrected chi connectivity index (χ2v) is 6.37. The van der Waals surface area contributed by atoms with Crippen molar-refractivity contribution in [2.75, 3.05) is 19.7 Å². The lowest BCUT2D eigenvalue weighted by atomic mass is 10.1. The number of ether oxygens (including phenoxy) is 1. The van der Waals surface area contributed by atoms with Crippen molar-refractivity contribution in [2.24, 2.45) is 0 Å². The summed E-state index contributed by atoms with van der Waals surface area (Å²) in [5, 5.41) is 29.9. The van der Waals surface area contributed by atoms with Gasteiger partial charge in [-0.25, -0.2) is 4.79 Å². The highest BCUT2D eigenvalue weighted by Gasteiger charge is 2.24. The van der Waals surface area contributed by atoms with E-state index in [0.717, 1.165) is 0 Å². The smallest absolute Gasteiger partial charge is 0.410 e.